The highest BCUT2D eigenvalue weighted by Crippen LogP contribution is 2.35. The normalized spacial score (nSPS) is 11.7. The number of nitrogens with one attached hydrogen (secondary N) is 2. The van der Waals surface area contributed by atoms with Gasteiger partial charge >= 0.3 is 11.8 Å². The molecule has 7 nitrogen and oxygen atoms in total. The third kappa shape index (κ3) is 6.24. The van der Waals surface area contributed by atoms with E-state index in [1.807, 2.05) is 30.3 Å². The number of rotatable bonds is 9. The van der Waals surface area contributed by atoms with Gasteiger partial charge in [0.2, 0.25) is 0 Å². The van der Waals surface area contributed by atoms with Gasteiger partial charge in [-0.15, -0.1) is 11.3 Å². The molecule has 0 radical (unpaired) electrons. The quantitative estimate of drug-likeness (QED) is 0.205. The van der Waals surface area contributed by atoms with Crippen LogP contribution >= 0.6 is 11.3 Å². The van der Waals surface area contributed by atoms with Crippen molar-refractivity contribution in [2.45, 2.75) is 32.7 Å². The van der Waals surface area contributed by atoms with Crippen molar-refractivity contribution in [3.63, 3.8) is 0 Å². The molecule has 1 aromatic heterocycles. The molecule has 0 saturated carbocycles. The molecule has 0 aliphatic rings. The Morgan fingerprint density at radius 2 is 1.86 bits per heavy atom. The van der Waals surface area contributed by atoms with Crippen LogP contribution in [0.15, 0.2) is 60.7 Å². The highest BCUT2D eigenvalue weighted by molar-refractivity contribution is 7.21. The summed E-state index contributed by atoms with van der Waals surface area (Å²) in [5, 5.41) is 5.84. The Morgan fingerprint density at radius 3 is 2.62 bits per heavy atom. The minimum Gasteiger partial charge on any atom is -0.493 e. The molecule has 192 valence electrons. The summed E-state index contributed by atoms with van der Waals surface area (Å²) < 4.78 is 26.2. The number of unbranched alkanes of at least 4 members (excludes halogenated alkanes) is 1. The minimum atomic E-state index is -0.868. The van der Waals surface area contributed by atoms with Crippen molar-refractivity contribution >= 4 is 39.1 Å². The third-order valence-electron chi connectivity index (χ3n) is 5.75. The Kier molecular flexibility index (Phi) is 8.35. The fourth-order valence-corrected chi connectivity index (χ4v) is 4.71. The van der Waals surface area contributed by atoms with Crippen LogP contribution in [-0.4, -0.2) is 30.5 Å². The zero-order valence-corrected chi connectivity index (χ0v) is 21.7. The molecular formula is C28H28FN3O4S. The number of aromatic nitrogens is 1. The van der Waals surface area contributed by atoms with Crippen molar-refractivity contribution in [2.24, 2.45) is 0 Å². The largest absolute Gasteiger partial charge is 0.493 e. The molecule has 0 aliphatic heterocycles. The maximum atomic E-state index is 14.1. The van der Waals surface area contributed by atoms with E-state index in [-0.39, 0.29) is 0 Å². The fraction of sp³-hybridized carbons (Fsp3) is 0.250. The maximum absolute atomic E-state index is 14.1. The average molecular weight is 522 g/mol. The van der Waals surface area contributed by atoms with Gasteiger partial charge < -0.3 is 20.1 Å². The van der Waals surface area contributed by atoms with E-state index < -0.39 is 23.7 Å². The summed E-state index contributed by atoms with van der Waals surface area (Å²) in [5.41, 5.74) is 2.22. The average Bonchev–Trinajstić information content (AvgIpc) is 3.34. The number of ether oxygens (including phenoxy) is 2. The van der Waals surface area contributed by atoms with Crippen LogP contribution in [0.2, 0.25) is 0 Å². The van der Waals surface area contributed by atoms with Crippen LogP contribution in [0, 0.1) is 5.82 Å². The van der Waals surface area contributed by atoms with Crippen LogP contribution in [0.5, 0.6) is 11.5 Å². The summed E-state index contributed by atoms with van der Waals surface area (Å²) in [6.07, 6.45) is 1.95. The van der Waals surface area contributed by atoms with E-state index in [1.165, 1.54) is 29.5 Å². The molecule has 0 saturated heterocycles. The number of hydrogen-bond donors (Lipinski definition) is 2. The van der Waals surface area contributed by atoms with Crippen molar-refractivity contribution in [1.29, 1.82) is 0 Å². The van der Waals surface area contributed by atoms with Crippen LogP contribution < -0.4 is 20.1 Å². The van der Waals surface area contributed by atoms with E-state index in [4.69, 9.17) is 9.47 Å². The second-order valence-corrected chi connectivity index (χ2v) is 9.47. The molecule has 0 aliphatic carbocycles. The smallest absolute Gasteiger partial charge is 0.313 e. The zero-order valence-electron chi connectivity index (χ0n) is 20.8. The number of halogens is 1. The van der Waals surface area contributed by atoms with Gasteiger partial charge in [0.15, 0.2) is 11.5 Å². The number of para-hydroxylation sites is 1. The lowest BCUT2D eigenvalue weighted by atomic mass is 10.1. The highest BCUT2D eigenvalue weighted by Gasteiger charge is 2.21. The number of carbonyl (C=O) groups excluding carboxylic acids is 2. The number of hydrogen-bond acceptors (Lipinski definition) is 6. The van der Waals surface area contributed by atoms with Crippen LogP contribution in [0.25, 0.3) is 20.8 Å². The number of fused-ring (bicyclic) bond motifs is 1. The molecule has 4 rings (SSSR count). The monoisotopic (exact) mass is 521 g/mol. The van der Waals surface area contributed by atoms with Gasteiger partial charge in [-0.25, -0.2) is 9.37 Å². The fourth-order valence-electron chi connectivity index (χ4n) is 3.71. The molecule has 2 N–H and O–H groups in total. The Labute approximate surface area is 218 Å². The van der Waals surface area contributed by atoms with Crippen molar-refractivity contribution in [3.8, 4) is 22.1 Å². The van der Waals surface area contributed by atoms with Gasteiger partial charge in [0.1, 0.15) is 10.8 Å². The third-order valence-corrected chi connectivity index (χ3v) is 6.82. The molecule has 4 aromatic rings. The van der Waals surface area contributed by atoms with E-state index >= 15 is 0 Å². The van der Waals surface area contributed by atoms with Gasteiger partial charge in [-0.3, -0.25) is 9.59 Å². The standard InChI is InChI=1S/C28H28FN3O4S/c1-4-5-14-36-23-13-10-18(15-24(23)35-3)17(2)30-26(33)27(34)31-21-12-11-19(29)16-20(21)28-32-22-8-6-7-9-25(22)37-28/h6-13,15-17H,4-5,14H2,1-3H3,(H,30,33)(H,31,34). The summed E-state index contributed by atoms with van der Waals surface area (Å²) in [6, 6.07) is 16.4. The summed E-state index contributed by atoms with van der Waals surface area (Å²) in [5.74, 6) is -0.997. The minimum absolute atomic E-state index is 0.295. The van der Waals surface area contributed by atoms with Gasteiger partial charge in [0, 0.05) is 5.56 Å². The zero-order chi connectivity index (χ0) is 26.4. The summed E-state index contributed by atoms with van der Waals surface area (Å²) in [7, 11) is 1.55. The second-order valence-electron chi connectivity index (χ2n) is 8.44. The second kappa shape index (κ2) is 11.8. The predicted molar refractivity (Wildman–Crippen MR) is 144 cm³/mol. The van der Waals surface area contributed by atoms with Gasteiger partial charge in [-0.1, -0.05) is 31.5 Å². The first kappa shape index (κ1) is 26.1. The van der Waals surface area contributed by atoms with Gasteiger partial charge in [0.05, 0.1) is 35.7 Å². The van der Waals surface area contributed by atoms with E-state index in [0.29, 0.717) is 34.4 Å². The molecule has 0 bridgehead atoms. The SMILES string of the molecule is CCCCOc1ccc(C(C)NC(=O)C(=O)Nc2ccc(F)cc2-c2nc3ccccc3s2)cc1OC. The van der Waals surface area contributed by atoms with E-state index in [9.17, 15) is 14.0 Å². The van der Waals surface area contributed by atoms with Crippen LogP contribution in [0.3, 0.4) is 0 Å². The van der Waals surface area contributed by atoms with Crippen molar-refractivity contribution in [2.75, 3.05) is 19.0 Å². The first-order valence-electron chi connectivity index (χ1n) is 12.0. The summed E-state index contributed by atoms with van der Waals surface area (Å²) in [4.78, 5) is 30.0. The first-order chi connectivity index (χ1) is 17.9. The number of benzene rings is 3. The molecule has 0 spiro atoms. The molecule has 1 atom stereocenters. The van der Waals surface area contributed by atoms with Crippen molar-refractivity contribution < 1.29 is 23.5 Å². The Bertz CT molecular complexity index is 1390. The Morgan fingerprint density at radius 1 is 1.05 bits per heavy atom. The lowest BCUT2D eigenvalue weighted by molar-refractivity contribution is -0.136. The number of thiazole rings is 1. The van der Waals surface area contributed by atoms with Crippen molar-refractivity contribution in [1.82, 2.24) is 10.3 Å². The molecule has 2 amide bonds. The lowest BCUT2D eigenvalue weighted by Gasteiger charge is -2.17. The highest BCUT2D eigenvalue weighted by atomic mass is 32.1. The van der Waals surface area contributed by atoms with Gasteiger partial charge in [-0.2, -0.15) is 0 Å². The summed E-state index contributed by atoms with van der Waals surface area (Å²) in [6.45, 7) is 4.44. The molecule has 3 aromatic carbocycles. The van der Waals surface area contributed by atoms with Crippen LogP contribution in [-0.2, 0) is 9.59 Å². The van der Waals surface area contributed by atoms with Gasteiger partial charge in [0.25, 0.3) is 0 Å². The van der Waals surface area contributed by atoms with Crippen LogP contribution in [0.4, 0.5) is 10.1 Å². The summed E-state index contributed by atoms with van der Waals surface area (Å²) >= 11 is 1.38. The number of methoxy groups -OCH3 is 1. The number of amides is 2. The predicted octanol–water partition coefficient (Wildman–Crippen LogP) is 6.11. The lowest BCUT2D eigenvalue weighted by Crippen LogP contribution is -2.37. The molecule has 0 fully saturated rings. The molecule has 1 unspecified atom stereocenters. The van der Waals surface area contributed by atoms with Crippen LogP contribution in [0.1, 0.15) is 38.3 Å². The van der Waals surface area contributed by atoms with E-state index in [0.717, 1.165) is 28.6 Å². The molecular weight excluding hydrogens is 493 g/mol. The van der Waals surface area contributed by atoms with E-state index in [2.05, 4.69) is 22.5 Å². The Hall–Kier alpha value is -3.98. The molecule has 1 heterocycles. The number of anilines is 1. The molecule has 9 heteroatoms. The number of nitrogens with zero attached hydrogens (tertiary/aromatic N) is 1. The number of carbonyl (C=O) groups is 2. The van der Waals surface area contributed by atoms with Gasteiger partial charge in [-0.05, 0) is 61.4 Å². The maximum Gasteiger partial charge on any atom is 0.313 e. The topological polar surface area (TPSA) is 89.5 Å². The molecule has 37 heavy (non-hydrogen) atoms. The Balaban J connectivity index is 1.47. The van der Waals surface area contributed by atoms with E-state index in [1.54, 1.807) is 26.2 Å². The first-order valence-corrected chi connectivity index (χ1v) is 12.8. The van der Waals surface area contributed by atoms with Crippen molar-refractivity contribution in [3.05, 3.63) is 72.0 Å².